The van der Waals surface area contributed by atoms with Crippen molar-refractivity contribution in [2.75, 3.05) is 13.1 Å². The van der Waals surface area contributed by atoms with E-state index >= 15 is 0 Å². The lowest BCUT2D eigenvalue weighted by atomic mass is 9.74. The Balaban J connectivity index is 1.34. The summed E-state index contributed by atoms with van der Waals surface area (Å²) in [6.45, 7) is 6.00. The summed E-state index contributed by atoms with van der Waals surface area (Å²) in [5, 5.41) is 4.17. The topological polar surface area (TPSA) is 80.5 Å². The van der Waals surface area contributed by atoms with E-state index in [1.165, 1.54) is 0 Å². The summed E-state index contributed by atoms with van der Waals surface area (Å²) >= 11 is 0. The molecule has 0 bridgehead atoms. The number of rotatable bonds is 6. The SMILES string of the molecule is CC1(C)CC(=O)C(C(=O)CCc2noc3c2C(=O)CC(c2ccccc2)C3)=C(N2CCCC2)C1. The summed E-state index contributed by atoms with van der Waals surface area (Å²) in [7, 11) is 0. The van der Waals surface area contributed by atoms with E-state index in [0.717, 1.165) is 43.6 Å². The molecule has 0 amide bonds. The predicted molar refractivity (Wildman–Crippen MR) is 128 cm³/mol. The van der Waals surface area contributed by atoms with Crippen molar-refractivity contribution in [3.05, 3.63) is 64.2 Å². The molecule has 1 atom stereocenters. The minimum Gasteiger partial charge on any atom is -0.374 e. The molecular weight excluding hydrogens is 428 g/mol. The highest BCUT2D eigenvalue weighted by Gasteiger charge is 2.39. The first-order valence-corrected chi connectivity index (χ1v) is 12.4. The molecule has 2 aromatic rings. The van der Waals surface area contributed by atoms with Gasteiger partial charge in [0.25, 0.3) is 0 Å². The molecule has 2 heterocycles. The van der Waals surface area contributed by atoms with Gasteiger partial charge in [-0.25, -0.2) is 0 Å². The minimum absolute atomic E-state index is 0.0197. The smallest absolute Gasteiger partial charge is 0.168 e. The average molecular weight is 461 g/mol. The monoisotopic (exact) mass is 460 g/mol. The first kappa shape index (κ1) is 22.8. The number of Topliss-reactive ketones (excluding diaryl/α,β-unsaturated/α-hetero) is 3. The lowest BCUT2D eigenvalue weighted by Crippen LogP contribution is -2.35. The second-order valence-corrected chi connectivity index (χ2v) is 10.7. The summed E-state index contributed by atoms with van der Waals surface area (Å²) in [6, 6.07) is 9.99. The van der Waals surface area contributed by atoms with Gasteiger partial charge in [0.2, 0.25) is 0 Å². The van der Waals surface area contributed by atoms with Crippen molar-refractivity contribution in [1.82, 2.24) is 10.1 Å². The first-order chi connectivity index (χ1) is 16.3. The molecule has 6 nitrogen and oxygen atoms in total. The van der Waals surface area contributed by atoms with Crippen LogP contribution in [0, 0.1) is 5.41 Å². The molecule has 6 heteroatoms. The molecule has 1 unspecified atom stereocenters. The fraction of sp³-hybridized carbons (Fsp3) is 0.500. The second kappa shape index (κ2) is 8.97. The third-order valence-electron chi connectivity index (χ3n) is 7.45. The Hall–Kier alpha value is -3.02. The Morgan fingerprint density at radius 1 is 1.06 bits per heavy atom. The van der Waals surface area contributed by atoms with E-state index in [2.05, 4.69) is 23.9 Å². The molecule has 5 rings (SSSR count). The van der Waals surface area contributed by atoms with Crippen molar-refractivity contribution in [3.8, 4) is 0 Å². The van der Waals surface area contributed by atoms with Gasteiger partial charge in [0.15, 0.2) is 17.3 Å². The molecule has 0 spiro atoms. The van der Waals surface area contributed by atoms with Gasteiger partial charge in [0, 0.05) is 50.9 Å². The van der Waals surface area contributed by atoms with Crippen molar-refractivity contribution in [3.63, 3.8) is 0 Å². The number of carbonyl (C=O) groups is 3. The van der Waals surface area contributed by atoms with E-state index in [9.17, 15) is 14.4 Å². The first-order valence-electron chi connectivity index (χ1n) is 12.4. The standard InChI is InChI=1S/C28H32N2O4/c1-28(2)16-21(30-12-6-7-13-30)27(24(33)17-28)22(31)11-10-20-26-23(32)14-19(15-25(26)34-29-20)18-8-4-3-5-9-18/h3-5,8-9,19H,6-7,10-17H2,1-2H3. The molecule has 0 radical (unpaired) electrons. The van der Waals surface area contributed by atoms with E-state index < -0.39 is 0 Å². The van der Waals surface area contributed by atoms with Crippen molar-refractivity contribution in [2.45, 2.75) is 71.1 Å². The van der Waals surface area contributed by atoms with Crippen LogP contribution >= 0.6 is 0 Å². The van der Waals surface area contributed by atoms with Gasteiger partial charge >= 0.3 is 0 Å². The molecule has 3 aliphatic rings. The highest BCUT2D eigenvalue weighted by atomic mass is 16.5. The molecule has 0 N–H and O–H groups in total. The Morgan fingerprint density at radius 2 is 1.79 bits per heavy atom. The Morgan fingerprint density at radius 3 is 2.53 bits per heavy atom. The normalized spacial score (nSPS) is 22.3. The number of likely N-dealkylation sites (tertiary alicyclic amines) is 1. The third kappa shape index (κ3) is 4.38. The van der Waals surface area contributed by atoms with Gasteiger partial charge < -0.3 is 9.42 Å². The molecule has 0 saturated carbocycles. The Bertz CT molecular complexity index is 1150. The zero-order valence-electron chi connectivity index (χ0n) is 20.1. The van der Waals surface area contributed by atoms with Crippen molar-refractivity contribution < 1.29 is 18.9 Å². The average Bonchev–Trinajstić information content (AvgIpc) is 3.47. The van der Waals surface area contributed by atoms with E-state index in [1.807, 2.05) is 30.3 Å². The van der Waals surface area contributed by atoms with Gasteiger partial charge in [0.05, 0.1) is 16.8 Å². The van der Waals surface area contributed by atoms with Crippen LogP contribution in [0.4, 0.5) is 0 Å². The number of ketones is 3. The van der Waals surface area contributed by atoms with E-state index in [4.69, 9.17) is 4.52 Å². The van der Waals surface area contributed by atoms with Crippen LogP contribution in [-0.4, -0.2) is 40.5 Å². The second-order valence-electron chi connectivity index (χ2n) is 10.7. The van der Waals surface area contributed by atoms with Crippen molar-refractivity contribution >= 4 is 17.3 Å². The Labute approximate surface area is 200 Å². The number of allylic oxidation sites excluding steroid dienone is 2. The minimum atomic E-state index is -0.135. The summed E-state index contributed by atoms with van der Waals surface area (Å²) < 4.78 is 5.57. The molecule has 1 aromatic heterocycles. The van der Waals surface area contributed by atoms with Crippen LogP contribution in [0.25, 0.3) is 0 Å². The van der Waals surface area contributed by atoms with Crippen molar-refractivity contribution in [1.29, 1.82) is 0 Å². The van der Waals surface area contributed by atoms with Gasteiger partial charge in [-0.1, -0.05) is 49.3 Å². The number of hydrogen-bond donors (Lipinski definition) is 0. The third-order valence-corrected chi connectivity index (χ3v) is 7.45. The number of hydrogen-bond acceptors (Lipinski definition) is 6. The number of fused-ring (bicyclic) bond motifs is 1. The van der Waals surface area contributed by atoms with Gasteiger partial charge in [0.1, 0.15) is 5.76 Å². The number of carbonyl (C=O) groups excluding carboxylic acids is 3. The number of benzene rings is 1. The van der Waals surface area contributed by atoms with Crippen molar-refractivity contribution in [2.24, 2.45) is 5.41 Å². The zero-order chi connectivity index (χ0) is 23.9. The summed E-state index contributed by atoms with van der Waals surface area (Å²) in [5.74, 6) is 0.531. The maximum atomic E-state index is 13.3. The maximum Gasteiger partial charge on any atom is 0.168 e. The van der Waals surface area contributed by atoms with E-state index in [0.29, 0.717) is 48.3 Å². The van der Waals surface area contributed by atoms with Crippen LogP contribution in [0.2, 0.25) is 0 Å². The van der Waals surface area contributed by atoms with E-state index in [-0.39, 0.29) is 35.1 Å². The van der Waals surface area contributed by atoms with Crippen LogP contribution < -0.4 is 0 Å². The summed E-state index contributed by atoms with van der Waals surface area (Å²) in [6.07, 6.45) is 4.84. The van der Waals surface area contributed by atoms with Gasteiger partial charge in [-0.15, -0.1) is 0 Å². The van der Waals surface area contributed by atoms with Gasteiger partial charge in [-0.2, -0.15) is 0 Å². The van der Waals surface area contributed by atoms with Gasteiger partial charge in [-0.05, 0) is 36.2 Å². The number of aryl methyl sites for hydroxylation is 1. The van der Waals surface area contributed by atoms with Crippen LogP contribution in [0.15, 0.2) is 46.1 Å². The quantitative estimate of drug-likeness (QED) is 0.575. The summed E-state index contributed by atoms with van der Waals surface area (Å²) in [5.41, 5.74) is 3.39. The van der Waals surface area contributed by atoms with Crippen LogP contribution in [0.3, 0.4) is 0 Å². The van der Waals surface area contributed by atoms with Crippen LogP contribution in [0.1, 0.15) is 85.7 Å². The number of aromatic nitrogens is 1. The predicted octanol–water partition coefficient (Wildman–Crippen LogP) is 4.83. The lowest BCUT2D eigenvalue weighted by Gasteiger charge is -2.36. The summed E-state index contributed by atoms with van der Waals surface area (Å²) in [4.78, 5) is 41.6. The molecule has 1 fully saturated rings. The highest BCUT2D eigenvalue weighted by Crippen LogP contribution is 2.40. The zero-order valence-corrected chi connectivity index (χ0v) is 20.1. The fourth-order valence-electron chi connectivity index (χ4n) is 5.79. The molecule has 1 aliphatic heterocycles. The Kier molecular flexibility index (Phi) is 6.00. The molecular formula is C28H32N2O4. The van der Waals surface area contributed by atoms with Crippen LogP contribution in [0.5, 0.6) is 0 Å². The lowest BCUT2D eigenvalue weighted by molar-refractivity contribution is -0.123. The molecule has 1 saturated heterocycles. The molecule has 1 aromatic carbocycles. The molecule has 2 aliphatic carbocycles. The number of nitrogens with zero attached hydrogens (tertiary/aromatic N) is 2. The van der Waals surface area contributed by atoms with E-state index in [1.54, 1.807) is 0 Å². The maximum absolute atomic E-state index is 13.3. The fourth-order valence-corrected chi connectivity index (χ4v) is 5.79. The largest absolute Gasteiger partial charge is 0.374 e. The molecule has 34 heavy (non-hydrogen) atoms. The molecule has 178 valence electrons. The highest BCUT2D eigenvalue weighted by molar-refractivity contribution is 6.21. The van der Waals surface area contributed by atoms with Gasteiger partial charge in [-0.3, -0.25) is 14.4 Å². The van der Waals surface area contributed by atoms with Crippen LogP contribution in [-0.2, 0) is 22.4 Å².